The van der Waals surface area contributed by atoms with Crippen molar-refractivity contribution in [3.8, 4) is 9.88 Å². The summed E-state index contributed by atoms with van der Waals surface area (Å²) in [5, 5.41) is 9.38. The molecule has 3 aromatic rings. The number of thiophene rings is 1. The molecule has 0 aliphatic carbocycles. The first-order chi connectivity index (χ1) is 13.1. The number of thiazole rings is 1. The third kappa shape index (κ3) is 4.78. The minimum absolute atomic E-state index is 0.172. The molecule has 0 aliphatic heterocycles. The molecule has 2 amide bonds. The van der Waals surface area contributed by atoms with Crippen LogP contribution >= 0.6 is 22.7 Å². The fourth-order valence-electron chi connectivity index (χ4n) is 2.13. The Morgan fingerprint density at radius 1 is 1.11 bits per heavy atom. The number of hydrogen-bond donors (Lipinski definition) is 2. The molecular weight excluding hydrogens is 386 g/mol. The Labute approximate surface area is 163 Å². The van der Waals surface area contributed by atoms with Gasteiger partial charge in [-0.1, -0.05) is 6.07 Å². The van der Waals surface area contributed by atoms with Gasteiger partial charge in [0.2, 0.25) is 0 Å². The summed E-state index contributed by atoms with van der Waals surface area (Å²) >= 11 is 2.87. The minimum atomic E-state index is -0.654. The predicted octanol–water partition coefficient (Wildman–Crippen LogP) is 3.03. The number of rotatable bonds is 6. The Balaban J connectivity index is 1.51. The van der Waals surface area contributed by atoms with Crippen LogP contribution in [0.1, 0.15) is 20.8 Å². The molecule has 7 nitrogen and oxygen atoms in total. The highest BCUT2D eigenvalue weighted by Crippen LogP contribution is 2.27. The average Bonchev–Trinajstić information content (AvgIpc) is 3.37. The smallest absolute Gasteiger partial charge is 0.358 e. The molecule has 3 rings (SSSR count). The molecule has 0 bridgehead atoms. The topological polar surface area (TPSA) is 97.4 Å². The number of nitrogens with zero attached hydrogens (tertiary/aromatic N) is 1. The number of nitrogens with one attached hydrogen (secondary N) is 2. The SMILES string of the molecule is CNC(=O)c1ccc(NC(=O)COC(=O)c2csc(-c3cccs3)n2)cc1. The lowest BCUT2D eigenvalue weighted by Gasteiger charge is -2.06. The number of ether oxygens (including phenoxy) is 1. The molecule has 0 aliphatic rings. The van der Waals surface area contributed by atoms with Crippen LogP contribution in [0.3, 0.4) is 0 Å². The fourth-order valence-corrected chi connectivity index (χ4v) is 3.74. The van der Waals surface area contributed by atoms with Gasteiger partial charge in [0.05, 0.1) is 4.88 Å². The molecule has 9 heteroatoms. The number of benzene rings is 1. The highest BCUT2D eigenvalue weighted by atomic mass is 32.1. The van der Waals surface area contributed by atoms with Gasteiger partial charge in [-0.25, -0.2) is 9.78 Å². The van der Waals surface area contributed by atoms with E-state index in [9.17, 15) is 14.4 Å². The quantitative estimate of drug-likeness (QED) is 0.619. The first-order valence-electron chi connectivity index (χ1n) is 7.85. The standard InChI is InChI=1S/C18H15N3O4S2/c1-19-16(23)11-4-6-12(7-5-11)20-15(22)9-25-18(24)13-10-27-17(21-13)14-3-2-8-26-14/h2-8,10H,9H2,1H3,(H,19,23)(H,20,22). The molecule has 0 atom stereocenters. The summed E-state index contributed by atoms with van der Waals surface area (Å²) in [6.07, 6.45) is 0. The van der Waals surface area contributed by atoms with Crippen molar-refractivity contribution >= 4 is 46.1 Å². The van der Waals surface area contributed by atoms with Crippen LogP contribution in [-0.4, -0.2) is 36.4 Å². The molecule has 27 heavy (non-hydrogen) atoms. The Bertz CT molecular complexity index is 949. The molecule has 0 fully saturated rings. The van der Waals surface area contributed by atoms with Crippen molar-refractivity contribution in [2.75, 3.05) is 19.0 Å². The van der Waals surface area contributed by atoms with Gasteiger partial charge in [0, 0.05) is 23.7 Å². The zero-order valence-corrected chi connectivity index (χ0v) is 15.9. The van der Waals surface area contributed by atoms with Crippen LogP contribution in [0, 0.1) is 0 Å². The second-order valence-corrected chi connectivity index (χ2v) is 7.10. The molecule has 0 unspecified atom stereocenters. The van der Waals surface area contributed by atoms with Crippen LogP contribution in [0.25, 0.3) is 9.88 Å². The van der Waals surface area contributed by atoms with Crippen molar-refractivity contribution in [1.82, 2.24) is 10.3 Å². The lowest BCUT2D eigenvalue weighted by Crippen LogP contribution is -2.21. The number of carbonyl (C=O) groups excluding carboxylic acids is 3. The molecular formula is C18H15N3O4S2. The van der Waals surface area contributed by atoms with Crippen molar-refractivity contribution in [1.29, 1.82) is 0 Å². The van der Waals surface area contributed by atoms with Crippen LogP contribution < -0.4 is 10.6 Å². The number of amides is 2. The maximum absolute atomic E-state index is 12.0. The zero-order valence-electron chi connectivity index (χ0n) is 14.2. The van der Waals surface area contributed by atoms with Gasteiger partial charge in [-0.05, 0) is 35.7 Å². The van der Waals surface area contributed by atoms with Crippen molar-refractivity contribution in [2.45, 2.75) is 0 Å². The summed E-state index contributed by atoms with van der Waals surface area (Å²) in [6.45, 7) is -0.429. The predicted molar refractivity (Wildman–Crippen MR) is 104 cm³/mol. The van der Waals surface area contributed by atoms with Crippen LogP contribution in [0.15, 0.2) is 47.2 Å². The van der Waals surface area contributed by atoms with Gasteiger partial charge in [-0.15, -0.1) is 22.7 Å². The van der Waals surface area contributed by atoms with E-state index in [1.165, 1.54) is 29.7 Å². The van der Waals surface area contributed by atoms with Gasteiger partial charge in [0.15, 0.2) is 12.3 Å². The molecule has 0 spiro atoms. The van der Waals surface area contributed by atoms with E-state index in [0.29, 0.717) is 11.3 Å². The van der Waals surface area contributed by atoms with Crippen LogP contribution in [0.2, 0.25) is 0 Å². The van der Waals surface area contributed by atoms with Crippen molar-refractivity contribution in [3.63, 3.8) is 0 Å². The summed E-state index contributed by atoms with van der Waals surface area (Å²) in [4.78, 5) is 40.6. The Morgan fingerprint density at radius 2 is 1.89 bits per heavy atom. The Morgan fingerprint density at radius 3 is 2.56 bits per heavy atom. The first kappa shape index (κ1) is 18.7. The van der Waals surface area contributed by atoms with Gasteiger partial charge >= 0.3 is 5.97 Å². The Hall–Kier alpha value is -3.04. The maximum Gasteiger partial charge on any atom is 0.358 e. The second-order valence-electron chi connectivity index (χ2n) is 5.30. The lowest BCUT2D eigenvalue weighted by atomic mass is 10.2. The molecule has 2 aromatic heterocycles. The van der Waals surface area contributed by atoms with Gasteiger partial charge < -0.3 is 15.4 Å². The van der Waals surface area contributed by atoms with Crippen molar-refractivity contribution < 1.29 is 19.1 Å². The molecule has 1 aromatic carbocycles. The van der Waals surface area contributed by atoms with Gasteiger partial charge in [0.1, 0.15) is 5.01 Å². The van der Waals surface area contributed by atoms with Gasteiger partial charge in [0.25, 0.3) is 11.8 Å². The molecule has 138 valence electrons. The summed E-state index contributed by atoms with van der Waals surface area (Å²) in [5.41, 5.74) is 1.15. The normalized spacial score (nSPS) is 10.3. The van der Waals surface area contributed by atoms with Crippen LogP contribution in [0.4, 0.5) is 5.69 Å². The van der Waals surface area contributed by atoms with Crippen LogP contribution in [0.5, 0.6) is 0 Å². The molecule has 2 heterocycles. The molecule has 0 saturated carbocycles. The first-order valence-corrected chi connectivity index (χ1v) is 9.61. The summed E-state index contributed by atoms with van der Waals surface area (Å²) in [6, 6.07) is 10.2. The molecule has 0 radical (unpaired) electrons. The van der Waals surface area contributed by atoms with E-state index in [-0.39, 0.29) is 11.6 Å². The highest BCUT2D eigenvalue weighted by molar-refractivity contribution is 7.20. The number of esters is 1. The van der Waals surface area contributed by atoms with E-state index in [1.807, 2.05) is 17.5 Å². The Kier molecular flexibility index (Phi) is 5.94. The number of hydrogen-bond acceptors (Lipinski definition) is 7. The fraction of sp³-hybridized carbons (Fsp3) is 0.111. The van der Waals surface area contributed by atoms with E-state index >= 15 is 0 Å². The maximum atomic E-state index is 12.0. The van der Waals surface area contributed by atoms with E-state index in [0.717, 1.165) is 9.88 Å². The van der Waals surface area contributed by atoms with E-state index in [2.05, 4.69) is 15.6 Å². The average molecular weight is 401 g/mol. The number of anilines is 1. The number of aromatic nitrogens is 1. The lowest BCUT2D eigenvalue weighted by molar-refractivity contribution is -0.119. The third-order valence-corrected chi connectivity index (χ3v) is 5.32. The summed E-state index contributed by atoms with van der Waals surface area (Å²) in [5.74, 6) is -1.35. The monoisotopic (exact) mass is 401 g/mol. The summed E-state index contributed by atoms with van der Waals surface area (Å²) < 4.78 is 5.00. The van der Waals surface area contributed by atoms with E-state index in [4.69, 9.17) is 4.74 Å². The minimum Gasteiger partial charge on any atom is -0.451 e. The summed E-state index contributed by atoms with van der Waals surface area (Å²) in [7, 11) is 1.54. The van der Waals surface area contributed by atoms with Crippen molar-refractivity contribution in [3.05, 3.63) is 58.4 Å². The van der Waals surface area contributed by atoms with E-state index < -0.39 is 18.5 Å². The molecule has 2 N–H and O–H groups in total. The number of carbonyl (C=O) groups is 3. The second kappa shape index (κ2) is 8.56. The highest BCUT2D eigenvalue weighted by Gasteiger charge is 2.15. The molecule has 0 saturated heterocycles. The third-order valence-electron chi connectivity index (χ3n) is 3.44. The van der Waals surface area contributed by atoms with E-state index in [1.54, 1.807) is 29.6 Å². The zero-order chi connectivity index (χ0) is 19.2. The van der Waals surface area contributed by atoms with Gasteiger partial charge in [-0.2, -0.15) is 0 Å². The van der Waals surface area contributed by atoms with Crippen LogP contribution in [-0.2, 0) is 9.53 Å². The van der Waals surface area contributed by atoms with Gasteiger partial charge in [-0.3, -0.25) is 9.59 Å². The van der Waals surface area contributed by atoms with Crippen molar-refractivity contribution in [2.24, 2.45) is 0 Å². The largest absolute Gasteiger partial charge is 0.451 e.